The lowest BCUT2D eigenvalue weighted by Gasteiger charge is -2.16. The van der Waals surface area contributed by atoms with Crippen LogP contribution in [0.1, 0.15) is 17.0 Å². The zero-order valence-electron chi connectivity index (χ0n) is 15.1. The first-order chi connectivity index (χ1) is 13.1. The average molecular weight is 411 g/mol. The van der Waals surface area contributed by atoms with Crippen molar-refractivity contribution >= 4 is 27.1 Å². The normalized spacial score (nSPS) is 11.5. The van der Waals surface area contributed by atoms with Crippen molar-refractivity contribution in [1.29, 1.82) is 0 Å². The topological polar surface area (TPSA) is 84.2 Å². The van der Waals surface area contributed by atoms with Gasteiger partial charge in [-0.25, -0.2) is 21.6 Å². The fourth-order valence-electron chi connectivity index (χ4n) is 2.67. The molecule has 148 valence electrons. The number of nitrogens with zero attached hydrogens (tertiary/aromatic N) is 1. The third-order valence-corrected chi connectivity index (χ3v) is 5.57. The van der Waals surface area contributed by atoms with Crippen LogP contribution in [-0.4, -0.2) is 13.6 Å². The first-order valence-corrected chi connectivity index (χ1v) is 9.55. The van der Waals surface area contributed by atoms with E-state index in [9.17, 15) is 21.6 Å². The molecule has 2 aromatic carbocycles. The number of hydrogen-bond donors (Lipinski definition) is 2. The molecule has 0 radical (unpaired) electrons. The molecular weight excluding hydrogens is 395 g/mol. The molecule has 28 heavy (non-hydrogen) atoms. The molecule has 2 N–H and O–H groups in total. The molecule has 0 saturated carbocycles. The van der Waals surface area contributed by atoms with Crippen molar-refractivity contribution in [3.8, 4) is 0 Å². The van der Waals surface area contributed by atoms with Gasteiger partial charge >= 0.3 is 0 Å². The average Bonchev–Trinajstić information content (AvgIpc) is 2.95. The van der Waals surface area contributed by atoms with Gasteiger partial charge in [-0.2, -0.15) is 0 Å². The lowest BCUT2D eigenvalue weighted by atomic mass is 10.2. The second-order valence-corrected chi connectivity index (χ2v) is 7.77. The molecule has 3 aromatic rings. The quantitative estimate of drug-likeness (QED) is 0.643. The second kappa shape index (κ2) is 7.19. The van der Waals surface area contributed by atoms with Gasteiger partial charge in [-0.3, -0.25) is 4.72 Å². The van der Waals surface area contributed by atoms with E-state index in [4.69, 9.17) is 4.52 Å². The highest BCUT2D eigenvalue weighted by atomic mass is 32.2. The maximum atomic E-state index is 14.4. The van der Waals surface area contributed by atoms with Gasteiger partial charge in [-0.1, -0.05) is 11.2 Å². The standard InChI is InChI=1S/C18H16F3N3O3S/c1-9-4-6-14(13(20)8-9)22-17-15(7-5-12(19)16(17)21)24-28(25,26)18-10(2)23-27-11(18)3/h4-8,22,24H,1-3H3. The van der Waals surface area contributed by atoms with Crippen LogP contribution in [0.2, 0.25) is 0 Å². The van der Waals surface area contributed by atoms with Crippen LogP contribution < -0.4 is 10.0 Å². The summed E-state index contributed by atoms with van der Waals surface area (Å²) < 4.78 is 74.7. The smallest absolute Gasteiger partial charge is 0.267 e. The number of benzene rings is 2. The molecule has 1 aromatic heterocycles. The van der Waals surface area contributed by atoms with Crippen molar-refractivity contribution in [1.82, 2.24) is 5.16 Å². The first kappa shape index (κ1) is 19.7. The van der Waals surface area contributed by atoms with Gasteiger partial charge in [-0.15, -0.1) is 0 Å². The van der Waals surface area contributed by atoms with Gasteiger partial charge in [0.05, 0.1) is 11.4 Å². The van der Waals surface area contributed by atoms with Crippen molar-refractivity contribution in [3.05, 3.63) is 64.8 Å². The lowest BCUT2D eigenvalue weighted by molar-refractivity contribution is 0.390. The summed E-state index contributed by atoms with van der Waals surface area (Å²) in [4.78, 5) is -0.218. The molecule has 0 aliphatic rings. The summed E-state index contributed by atoms with van der Waals surface area (Å²) in [6, 6.07) is 5.89. The molecule has 1 heterocycles. The zero-order valence-corrected chi connectivity index (χ0v) is 15.9. The van der Waals surface area contributed by atoms with Crippen molar-refractivity contribution in [3.63, 3.8) is 0 Å². The predicted octanol–water partition coefficient (Wildman–Crippen LogP) is 4.56. The Bertz CT molecular complexity index is 1140. The highest BCUT2D eigenvalue weighted by Gasteiger charge is 2.26. The zero-order chi connectivity index (χ0) is 20.6. The monoisotopic (exact) mass is 411 g/mol. The minimum atomic E-state index is -4.22. The molecular formula is C18H16F3N3O3S. The van der Waals surface area contributed by atoms with Crippen LogP contribution in [0.4, 0.5) is 30.2 Å². The van der Waals surface area contributed by atoms with Gasteiger partial charge in [0, 0.05) is 0 Å². The summed E-state index contributed by atoms with van der Waals surface area (Å²) in [6.45, 7) is 4.50. The van der Waals surface area contributed by atoms with E-state index in [0.29, 0.717) is 5.56 Å². The van der Waals surface area contributed by atoms with E-state index in [1.807, 2.05) is 0 Å². The third kappa shape index (κ3) is 3.68. The maximum absolute atomic E-state index is 14.4. The summed E-state index contributed by atoms with van der Waals surface area (Å²) in [5.41, 5.74) is -0.279. The van der Waals surface area contributed by atoms with Crippen LogP contribution in [0.25, 0.3) is 0 Å². The lowest BCUT2D eigenvalue weighted by Crippen LogP contribution is -2.16. The largest absolute Gasteiger partial charge is 0.360 e. The fraction of sp³-hybridized carbons (Fsp3) is 0.167. The van der Waals surface area contributed by atoms with Crippen LogP contribution in [0.3, 0.4) is 0 Å². The van der Waals surface area contributed by atoms with E-state index in [-0.39, 0.29) is 27.7 Å². The van der Waals surface area contributed by atoms with Crippen molar-refractivity contribution in [2.24, 2.45) is 0 Å². The van der Waals surface area contributed by atoms with Crippen LogP contribution in [0.5, 0.6) is 0 Å². The van der Waals surface area contributed by atoms with Crippen LogP contribution >= 0.6 is 0 Å². The number of aryl methyl sites for hydroxylation is 3. The van der Waals surface area contributed by atoms with Crippen molar-refractivity contribution in [2.45, 2.75) is 25.7 Å². The Hall–Kier alpha value is -3.01. The number of hydrogen-bond acceptors (Lipinski definition) is 5. The van der Waals surface area contributed by atoms with E-state index in [2.05, 4.69) is 15.2 Å². The number of halogens is 3. The highest BCUT2D eigenvalue weighted by Crippen LogP contribution is 2.33. The SMILES string of the molecule is Cc1ccc(Nc2c(NS(=O)(=O)c3c(C)noc3C)ccc(F)c2F)c(F)c1. The summed E-state index contributed by atoms with van der Waals surface area (Å²) >= 11 is 0. The number of nitrogens with one attached hydrogen (secondary N) is 2. The Morgan fingerprint density at radius 2 is 1.64 bits per heavy atom. The minimum absolute atomic E-state index is 0.0340. The van der Waals surface area contributed by atoms with Gasteiger partial charge in [0.15, 0.2) is 22.3 Å². The molecule has 0 unspecified atom stereocenters. The number of aromatic nitrogens is 1. The van der Waals surface area contributed by atoms with Crippen LogP contribution in [-0.2, 0) is 10.0 Å². The predicted molar refractivity (Wildman–Crippen MR) is 97.6 cm³/mol. The highest BCUT2D eigenvalue weighted by molar-refractivity contribution is 7.92. The molecule has 0 spiro atoms. The third-order valence-electron chi connectivity index (χ3n) is 3.96. The molecule has 0 saturated heterocycles. The van der Waals surface area contributed by atoms with Gasteiger partial charge in [0.25, 0.3) is 10.0 Å². The molecule has 0 aliphatic carbocycles. The van der Waals surface area contributed by atoms with Crippen molar-refractivity contribution < 1.29 is 26.1 Å². The molecule has 0 atom stereocenters. The molecule has 10 heteroatoms. The van der Waals surface area contributed by atoms with E-state index in [0.717, 1.165) is 12.1 Å². The van der Waals surface area contributed by atoms with Gasteiger partial charge < -0.3 is 9.84 Å². The Morgan fingerprint density at radius 3 is 2.25 bits per heavy atom. The van der Waals surface area contributed by atoms with E-state index >= 15 is 0 Å². The molecule has 3 rings (SSSR count). The summed E-state index contributed by atoms with van der Waals surface area (Å²) in [5, 5.41) is 5.99. The molecule has 0 amide bonds. The van der Waals surface area contributed by atoms with Gasteiger partial charge in [-0.05, 0) is 50.6 Å². The van der Waals surface area contributed by atoms with Gasteiger partial charge in [0.1, 0.15) is 17.2 Å². The Labute approximate surface area is 159 Å². The van der Waals surface area contributed by atoms with Crippen LogP contribution in [0.15, 0.2) is 39.8 Å². The van der Waals surface area contributed by atoms with E-state index in [1.165, 1.54) is 26.0 Å². The van der Waals surface area contributed by atoms with E-state index in [1.54, 1.807) is 13.0 Å². The Kier molecular flexibility index (Phi) is 5.07. The number of sulfonamides is 1. The first-order valence-electron chi connectivity index (χ1n) is 8.07. The number of anilines is 3. The molecule has 0 bridgehead atoms. The second-order valence-electron chi connectivity index (χ2n) is 6.15. The van der Waals surface area contributed by atoms with Gasteiger partial charge in [0.2, 0.25) is 0 Å². The fourth-order valence-corrected chi connectivity index (χ4v) is 4.07. The van der Waals surface area contributed by atoms with E-state index < -0.39 is 33.2 Å². The maximum Gasteiger partial charge on any atom is 0.267 e. The molecule has 0 fully saturated rings. The summed E-state index contributed by atoms with van der Waals surface area (Å²) in [7, 11) is -4.22. The molecule has 6 nitrogen and oxygen atoms in total. The summed E-state index contributed by atoms with van der Waals surface area (Å²) in [5.74, 6) is -3.26. The minimum Gasteiger partial charge on any atom is -0.360 e. The number of rotatable bonds is 5. The van der Waals surface area contributed by atoms with Crippen LogP contribution in [0, 0.1) is 38.2 Å². The Balaban J connectivity index is 2.06. The Morgan fingerprint density at radius 1 is 0.964 bits per heavy atom. The summed E-state index contributed by atoms with van der Waals surface area (Å²) in [6.07, 6.45) is 0. The van der Waals surface area contributed by atoms with Crippen molar-refractivity contribution in [2.75, 3.05) is 10.0 Å². The molecule has 0 aliphatic heterocycles.